The Balaban J connectivity index is 1.64. The SMILES string of the molecule is CCCCCSc1nnc2c(n1)OC(c1ccccc1OCC(=O)OCC)Nc1ccccc1-2. The van der Waals surface area contributed by atoms with E-state index in [0.29, 0.717) is 29.1 Å². The Morgan fingerprint density at radius 1 is 1.09 bits per heavy atom. The quantitative estimate of drug-likeness (QED) is 0.237. The van der Waals surface area contributed by atoms with Crippen molar-refractivity contribution in [1.82, 2.24) is 15.2 Å². The summed E-state index contributed by atoms with van der Waals surface area (Å²) < 4.78 is 17.1. The van der Waals surface area contributed by atoms with Crippen molar-refractivity contribution in [3.8, 4) is 22.9 Å². The van der Waals surface area contributed by atoms with Gasteiger partial charge in [0, 0.05) is 17.0 Å². The van der Waals surface area contributed by atoms with Gasteiger partial charge in [-0.15, -0.1) is 10.2 Å². The number of anilines is 1. The highest BCUT2D eigenvalue weighted by molar-refractivity contribution is 7.99. The molecular weight excluding hydrogens is 452 g/mol. The third-order valence-electron chi connectivity index (χ3n) is 5.16. The Morgan fingerprint density at radius 2 is 1.91 bits per heavy atom. The van der Waals surface area contributed by atoms with Crippen LogP contribution in [-0.2, 0) is 9.53 Å². The Kier molecular flexibility index (Phi) is 8.19. The van der Waals surface area contributed by atoms with Gasteiger partial charge in [-0.25, -0.2) is 4.79 Å². The Hall–Kier alpha value is -3.33. The molecule has 2 heterocycles. The second-order valence-electron chi connectivity index (χ2n) is 7.62. The number of unbranched alkanes of at least 4 members (excludes halogenated alkanes) is 2. The van der Waals surface area contributed by atoms with Gasteiger partial charge in [-0.2, -0.15) is 4.98 Å². The van der Waals surface area contributed by atoms with Gasteiger partial charge >= 0.3 is 5.97 Å². The van der Waals surface area contributed by atoms with Crippen LogP contribution < -0.4 is 14.8 Å². The number of thioether (sulfide) groups is 1. The second-order valence-corrected chi connectivity index (χ2v) is 8.69. The zero-order valence-electron chi connectivity index (χ0n) is 19.3. The lowest BCUT2D eigenvalue weighted by molar-refractivity contribution is -0.145. The van der Waals surface area contributed by atoms with E-state index in [9.17, 15) is 4.79 Å². The molecule has 0 bridgehead atoms. The van der Waals surface area contributed by atoms with Crippen molar-refractivity contribution in [1.29, 1.82) is 0 Å². The lowest BCUT2D eigenvalue weighted by Gasteiger charge is -2.21. The van der Waals surface area contributed by atoms with E-state index >= 15 is 0 Å². The maximum atomic E-state index is 11.8. The van der Waals surface area contributed by atoms with Crippen LogP contribution in [-0.4, -0.2) is 40.1 Å². The average molecular weight is 481 g/mol. The maximum Gasteiger partial charge on any atom is 0.344 e. The summed E-state index contributed by atoms with van der Waals surface area (Å²) in [5.74, 6) is 1.42. The molecule has 0 amide bonds. The van der Waals surface area contributed by atoms with E-state index in [-0.39, 0.29) is 6.61 Å². The van der Waals surface area contributed by atoms with Crippen LogP contribution in [0.3, 0.4) is 0 Å². The summed E-state index contributed by atoms with van der Waals surface area (Å²) >= 11 is 1.58. The number of fused-ring (bicyclic) bond motifs is 3. The summed E-state index contributed by atoms with van der Waals surface area (Å²) in [5.41, 5.74) is 3.00. The molecule has 0 radical (unpaired) electrons. The summed E-state index contributed by atoms with van der Waals surface area (Å²) in [6, 6.07) is 15.2. The first-order chi connectivity index (χ1) is 16.7. The fourth-order valence-electron chi connectivity index (χ4n) is 3.53. The Labute approximate surface area is 203 Å². The first-order valence-electron chi connectivity index (χ1n) is 11.5. The number of esters is 1. The number of nitrogens with zero attached hydrogens (tertiary/aromatic N) is 3. The monoisotopic (exact) mass is 480 g/mol. The largest absolute Gasteiger partial charge is 0.481 e. The molecule has 9 heteroatoms. The van der Waals surface area contributed by atoms with Gasteiger partial charge in [0.15, 0.2) is 12.3 Å². The van der Waals surface area contributed by atoms with Crippen molar-refractivity contribution in [3.63, 3.8) is 0 Å². The maximum absolute atomic E-state index is 11.8. The second kappa shape index (κ2) is 11.7. The van der Waals surface area contributed by atoms with Crippen LogP contribution in [0.1, 0.15) is 44.9 Å². The molecule has 1 N–H and O–H groups in total. The molecule has 1 aliphatic heterocycles. The molecule has 0 spiro atoms. The minimum Gasteiger partial charge on any atom is -0.481 e. The smallest absolute Gasteiger partial charge is 0.344 e. The van der Waals surface area contributed by atoms with E-state index < -0.39 is 12.2 Å². The molecule has 2 aromatic carbocycles. The molecule has 0 fully saturated rings. The van der Waals surface area contributed by atoms with Gasteiger partial charge in [0.1, 0.15) is 5.75 Å². The molecule has 0 aliphatic carbocycles. The van der Waals surface area contributed by atoms with E-state index in [4.69, 9.17) is 14.2 Å². The number of hydrogen-bond acceptors (Lipinski definition) is 9. The summed E-state index contributed by atoms with van der Waals surface area (Å²) in [7, 11) is 0. The number of benzene rings is 2. The average Bonchev–Trinajstić information content (AvgIpc) is 3.02. The zero-order chi connectivity index (χ0) is 23.8. The van der Waals surface area contributed by atoms with E-state index in [1.165, 1.54) is 6.42 Å². The van der Waals surface area contributed by atoms with Crippen LogP contribution in [0.25, 0.3) is 11.3 Å². The van der Waals surface area contributed by atoms with Gasteiger partial charge in [0.25, 0.3) is 0 Å². The van der Waals surface area contributed by atoms with Crippen LogP contribution in [0.15, 0.2) is 53.7 Å². The highest BCUT2D eigenvalue weighted by Crippen LogP contribution is 2.41. The van der Waals surface area contributed by atoms with E-state index in [1.807, 2.05) is 42.5 Å². The molecule has 1 aliphatic rings. The number of nitrogens with one attached hydrogen (secondary N) is 1. The summed E-state index contributed by atoms with van der Waals surface area (Å²) in [5, 5.41) is 12.8. The van der Waals surface area contributed by atoms with Gasteiger partial charge in [-0.1, -0.05) is 61.9 Å². The van der Waals surface area contributed by atoms with Gasteiger partial charge in [0.05, 0.1) is 12.2 Å². The molecular formula is C25H28N4O4S. The highest BCUT2D eigenvalue weighted by atomic mass is 32.2. The number of carbonyl (C=O) groups is 1. The third kappa shape index (κ3) is 5.77. The van der Waals surface area contributed by atoms with Crippen LogP contribution in [0.5, 0.6) is 11.6 Å². The van der Waals surface area contributed by atoms with Gasteiger partial charge in [-0.05, 0) is 31.5 Å². The van der Waals surface area contributed by atoms with Gasteiger partial charge < -0.3 is 19.5 Å². The standard InChI is InChI=1S/C25H28N4O4S/c1-3-5-10-15-34-25-27-24-22(28-29-25)17-11-6-8-13-19(17)26-23(33-24)18-12-7-9-14-20(18)32-16-21(30)31-4-2/h6-9,11-14,23,26H,3-5,10,15-16H2,1-2H3. The molecule has 8 nitrogen and oxygen atoms in total. The first kappa shape index (κ1) is 23.8. The third-order valence-corrected chi connectivity index (χ3v) is 6.09. The number of aromatic nitrogens is 3. The molecule has 0 saturated carbocycles. The minimum absolute atomic E-state index is 0.187. The minimum atomic E-state index is -0.615. The van der Waals surface area contributed by atoms with Crippen molar-refractivity contribution < 1.29 is 19.0 Å². The summed E-state index contributed by atoms with van der Waals surface area (Å²) in [6.45, 7) is 4.05. The summed E-state index contributed by atoms with van der Waals surface area (Å²) in [6.07, 6.45) is 2.81. The van der Waals surface area contributed by atoms with Gasteiger partial charge in [0.2, 0.25) is 17.3 Å². The number of ether oxygens (including phenoxy) is 3. The molecule has 1 aromatic heterocycles. The molecule has 1 atom stereocenters. The predicted molar refractivity (Wildman–Crippen MR) is 131 cm³/mol. The molecule has 3 aromatic rings. The van der Waals surface area contributed by atoms with Crippen molar-refractivity contribution >= 4 is 23.4 Å². The molecule has 4 rings (SSSR count). The fourth-order valence-corrected chi connectivity index (χ4v) is 4.31. The number of rotatable bonds is 10. The van der Waals surface area contributed by atoms with E-state index in [2.05, 4.69) is 27.4 Å². The van der Waals surface area contributed by atoms with E-state index in [0.717, 1.165) is 35.4 Å². The topological polar surface area (TPSA) is 95.5 Å². The van der Waals surface area contributed by atoms with Crippen LogP contribution in [0, 0.1) is 0 Å². The number of carbonyl (C=O) groups excluding carboxylic acids is 1. The first-order valence-corrected chi connectivity index (χ1v) is 12.5. The van der Waals surface area contributed by atoms with Crippen LogP contribution in [0.2, 0.25) is 0 Å². The van der Waals surface area contributed by atoms with Crippen molar-refractivity contribution in [2.75, 3.05) is 24.3 Å². The Bertz CT molecular complexity index is 1130. The normalized spacial score (nSPS) is 14.1. The molecule has 1 unspecified atom stereocenters. The molecule has 178 valence electrons. The summed E-state index contributed by atoms with van der Waals surface area (Å²) in [4.78, 5) is 16.5. The Morgan fingerprint density at radius 3 is 2.76 bits per heavy atom. The van der Waals surface area contributed by atoms with E-state index in [1.54, 1.807) is 24.8 Å². The number of para-hydroxylation sites is 2. The van der Waals surface area contributed by atoms with Crippen molar-refractivity contribution in [3.05, 3.63) is 54.1 Å². The highest BCUT2D eigenvalue weighted by Gasteiger charge is 2.28. The fraction of sp³-hybridized carbons (Fsp3) is 0.360. The van der Waals surface area contributed by atoms with Crippen LogP contribution in [0.4, 0.5) is 5.69 Å². The molecule has 0 saturated heterocycles. The lowest BCUT2D eigenvalue weighted by Crippen LogP contribution is -2.20. The predicted octanol–water partition coefficient (Wildman–Crippen LogP) is 5.27. The lowest BCUT2D eigenvalue weighted by atomic mass is 10.1. The van der Waals surface area contributed by atoms with Crippen LogP contribution >= 0.6 is 11.8 Å². The van der Waals surface area contributed by atoms with Crippen molar-refractivity contribution in [2.24, 2.45) is 0 Å². The van der Waals surface area contributed by atoms with Crippen molar-refractivity contribution in [2.45, 2.75) is 44.5 Å². The molecule has 34 heavy (non-hydrogen) atoms. The van der Waals surface area contributed by atoms with Gasteiger partial charge in [-0.3, -0.25) is 0 Å². The zero-order valence-corrected chi connectivity index (χ0v) is 20.1. The number of hydrogen-bond donors (Lipinski definition) is 1.